The Labute approximate surface area is 167 Å². The zero-order valence-corrected chi connectivity index (χ0v) is 15.8. The first kappa shape index (κ1) is 18.9. The Bertz CT molecular complexity index is 1010. The largest absolute Gasteiger partial charge is 0.372 e. The average Bonchev–Trinajstić information content (AvgIpc) is 3.08. The summed E-state index contributed by atoms with van der Waals surface area (Å²) in [7, 11) is 0. The summed E-state index contributed by atoms with van der Waals surface area (Å²) in [6.45, 7) is 1.80. The van der Waals surface area contributed by atoms with Gasteiger partial charge in [0, 0.05) is 30.9 Å². The number of fused-ring (bicyclic) bond motifs is 1. The van der Waals surface area contributed by atoms with Crippen molar-refractivity contribution in [1.29, 1.82) is 0 Å². The maximum atomic E-state index is 12.2. The summed E-state index contributed by atoms with van der Waals surface area (Å²) in [6, 6.07) is 14.7. The van der Waals surface area contributed by atoms with Crippen molar-refractivity contribution in [3.05, 3.63) is 64.8 Å². The standard InChI is InChI=1S/C20H22N6O3/c27-18(21-15-6-2-1-3-7-15)14-24-12-9-16(10-13-24)22-19-20(26(28)29)25-11-5-4-8-17(25)23-19/h1-8,11,16,22H,9-10,12-14H2,(H,21,27). The first-order valence-corrected chi connectivity index (χ1v) is 9.55. The number of carbonyl (C=O) groups excluding carboxylic acids is 1. The maximum absolute atomic E-state index is 12.2. The van der Waals surface area contributed by atoms with Gasteiger partial charge in [0.1, 0.15) is 0 Å². The number of benzene rings is 1. The van der Waals surface area contributed by atoms with E-state index in [1.165, 1.54) is 4.40 Å². The van der Waals surface area contributed by atoms with E-state index in [0.717, 1.165) is 31.6 Å². The fourth-order valence-corrected chi connectivity index (χ4v) is 3.61. The van der Waals surface area contributed by atoms with Gasteiger partial charge in [-0.05, 0) is 36.0 Å². The molecule has 1 saturated heterocycles. The average molecular weight is 394 g/mol. The molecule has 1 amide bonds. The summed E-state index contributed by atoms with van der Waals surface area (Å²) in [5, 5.41) is 17.6. The second-order valence-electron chi connectivity index (χ2n) is 7.08. The van der Waals surface area contributed by atoms with E-state index < -0.39 is 4.92 Å². The number of hydrogen-bond donors (Lipinski definition) is 2. The molecule has 2 aromatic heterocycles. The van der Waals surface area contributed by atoms with Gasteiger partial charge in [0.2, 0.25) is 17.4 Å². The van der Waals surface area contributed by atoms with Gasteiger partial charge in [-0.3, -0.25) is 9.69 Å². The van der Waals surface area contributed by atoms with Crippen LogP contribution in [0.3, 0.4) is 0 Å². The highest BCUT2D eigenvalue weighted by Gasteiger charge is 2.27. The third kappa shape index (κ3) is 4.35. The molecule has 150 valence electrons. The summed E-state index contributed by atoms with van der Waals surface area (Å²) < 4.78 is 1.48. The van der Waals surface area contributed by atoms with Gasteiger partial charge in [-0.15, -0.1) is 0 Å². The van der Waals surface area contributed by atoms with Crippen LogP contribution in [0, 0.1) is 10.1 Å². The van der Waals surface area contributed by atoms with Crippen molar-refractivity contribution >= 4 is 28.9 Å². The van der Waals surface area contributed by atoms with Gasteiger partial charge in [0.15, 0.2) is 0 Å². The number of nitrogens with zero attached hydrogens (tertiary/aromatic N) is 4. The van der Waals surface area contributed by atoms with Crippen molar-refractivity contribution in [2.24, 2.45) is 0 Å². The van der Waals surface area contributed by atoms with Crippen LogP contribution in [-0.4, -0.2) is 50.8 Å². The molecule has 1 aliphatic heterocycles. The summed E-state index contributed by atoms with van der Waals surface area (Å²) in [5.74, 6) is 0.199. The molecule has 29 heavy (non-hydrogen) atoms. The minimum atomic E-state index is -0.411. The Kier molecular flexibility index (Phi) is 5.39. The lowest BCUT2D eigenvalue weighted by molar-refractivity contribution is -0.389. The highest BCUT2D eigenvalue weighted by molar-refractivity contribution is 5.92. The molecule has 0 atom stereocenters. The van der Waals surface area contributed by atoms with E-state index in [1.807, 2.05) is 30.3 Å². The Morgan fingerprint density at radius 2 is 1.86 bits per heavy atom. The molecule has 9 heteroatoms. The molecule has 0 aliphatic carbocycles. The molecule has 0 radical (unpaired) electrons. The summed E-state index contributed by atoms with van der Waals surface area (Å²) >= 11 is 0. The smallest absolute Gasteiger partial charge is 0.360 e. The van der Waals surface area contributed by atoms with Crippen LogP contribution >= 0.6 is 0 Å². The molecule has 1 fully saturated rings. The van der Waals surface area contributed by atoms with Crippen molar-refractivity contribution < 1.29 is 9.72 Å². The Morgan fingerprint density at radius 1 is 1.14 bits per heavy atom. The highest BCUT2D eigenvalue weighted by Crippen LogP contribution is 2.27. The Hall–Kier alpha value is -3.46. The van der Waals surface area contributed by atoms with Crippen molar-refractivity contribution in [3.63, 3.8) is 0 Å². The van der Waals surface area contributed by atoms with Crippen molar-refractivity contribution in [3.8, 4) is 0 Å². The zero-order valence-electron chi connectivity index (χ0n) is 15.8. The number of carbonyl (C=O) groups is 1. The highest BCUT2D eigenvalue weighted by atomic mass is 16.6. The van der Waals surface area contributed by atoms with E-state index in [9.17, 15) is 14.9 Å². The van der Waals surface area contributed by atoms with Crippen LogP contribution in [0.15, 0.2) is 54.7 Å². The minimum Gasteiger partial charge on any atom is -0.360 e. The Morgan fingerprint density at radius 3 is 2.59 bits per heavy atom. The first-order valence-electron chi connectivity index (χ1n) is 9.55. The molecule has 1 aromatic carbocycles. The maximum Gasteiger partial charge on any atom is 0.372 e. The number of pyridine rings is 1. The Balaban J connectivity index is 1.33. The number of aromatic nitrogens is 2. The SMILES string of the molecule is O=C(CN1CCC(Nc2nc3ccccn3c2[N+](=O)[O-])CC1)Nc1ccccc1. The third-order valence-electron chi connectivity index (χ3n) is 5.03. The molecular weight excluding hydrogens is 372 g/mol. The number of para-hydroxylation sites is 1. The van der Waals surface area contributed by atoms with Gasteiger partial charge in [-0.2, -0.15) is 9.38 Å². The zero-order chi connectivity index (χ0) is 20.2. The number of anilines is 2. The van der Waals surface area contributed by atoms with E-state index in [-0.39, 0.29) is 17.8 Å². The molecule has 0 unspecified atom stereocenters. The summed E-state index contributed by atoms with van der Waals surface area (Å²) in [5.41, 5.74) is 1.32. The molecule has 0 saturated carbocycles. The van der Waals surface area contributed by atoms with E-state index in [4.69, 9.17) is 0 Å². The molecule has 4 rings (SSSR count). The minimum absolute atomic E-state index is 0.0430. The number of hydrogen-bond acceptors (Lipinski definition) is 6. The van der Waals surface area contributed by atoms with Gasteiger partial charge >= 0.3 is 5.82 Å². The van der Waals surface area contributed by atoms with Crippen LogP contribution in [0.5, 0.6) is 0 Å². The molecular formula is C20H22N6O3. The topological polar surface area (TPSA) is 105 Å². The number of piperidine rings is 1. The fourth-order valence-electron chi connectivity index (χ4n) is 3.61. The predicted molar refractivity (Wildman–Crippen MR) is 110 cm³/mol. The van der Waals surface area contributed by atoms with Gasteiger partial charge in [-0.1, -0.05) is 24.3 Å². The van der Waals surface area contributed by atoms with Crippen LogP contribution in [0.1, 0.15) is 12.8 Å². The predicted octanol–water partition coefficient (Wildman–Crippen LogP) is 2.76. The van der Waals surface area contributed by atoms with Gasteiger partial charge in [-0.25, -0.2) is 0 Å². The number of nitro groups is 1. The van der Waals surface area contributed by atoms with Crippen LogP contribution in [0.2, 0.25) is 0 Å². The lowest BCUT2D eigenvalue weighted by atomic mass is 10.1. The number of rotatable bonds is 6. The first-order chi connectivity index (χ1) is 14.1. The number of likely N-dealkylation sites (tertiary alicyclic amines) is 1. The molecule has 3 aromatic rings. The van der Waals surface area contributed by atoms with Crippen LogP contribution in [0.4, 0.5) is 17.3 Å². The van der Waals surface area contributed by atoms with Crippen LogP contribution in [0.25, 0.3) is 5.65 Å². The second kappa shape index (κ2) is 8.27. The van der Waals surface area contributed by atoms with Crippen LogP contribution in [-0.2, 0) is 4.79 Å². The quantitative estimate of drug-likeness (QED) is 0.492. The van der Waals surface area contributed by atoms with Gasteiger partial charge in [0.05, 0.1) is 12.7 Å². The van der Waals surface area contributed by atoms with Gasteiger partial charge < -0.3 is 20.7 Å². The summed E-state index contributed by atoms with van der Waals surface area (Å²) in [6.07, 6.45) is 3.20. The lowest BCUT2D eigenvalue weighted by Crippen LogP contribution is -2.42. The molecule has 2 N–H and O–H groups in total. The third-order valence-corrected chi connectivity index (χ3v) is 5.03. The fraction of sp³-hybridized carbons (Fsp3) is 0.300. The van der Waals surface area contributed by atoms with Gasteiger partial charge in [0.25, 0.3) is 0 Å². The van der Waals surface area contributed by atoms with Crippen molar-refractivity contribution in [2.45, 2.75) is 18.9 Å². The molecule has 0 spiro atoms. The van der Waals surface area contributed by atoms with E-state index in [0.29, 0.717) is 18.0 Å². The molecule has 0 bridgehead atoms. The molecule has 1 aliphatic rings. The molecule has 3 heterocycles. The molecule has 9 nitrogen and oxygen atoms in total. The van der Waals surface area contributed by atoms with Crippen molar-refractivity contribution in [2.75, 3.05) is 30.3 Å². The lowest BCUT2D eigenvalue weighted by Gasteiger charge is -2.31. The monoisotopic (exact) mass is 394 g/mol. The number of nitrogens with one attached hydrogen (secondary N) is 2. The summed E-state index contributed by atoms with van der Waals surface area (Å²) in [4.78, 5) is 29.8. The van der Waals surface area contributed by atoms with E-state index >= 15 is 0 Å². The van der Waals surface area contributed by atoms with Crippen LogP contribution < -0.4 is 10.6 Å². The number of imidazole rings is 1. The second-order valence-corrected chi connectivity index (χ2v) is 7.08. The van der Waals surface area contributed by atoms with Crippen molar-refractivity contribution in [1.82, 2.24) is 14.3 Å². The normalized spacial score (nSPS) is 15.3. The van der Waals surface area contributed by atoms with E-state index in [2.05, 4.69) is 20.5 Å². The number of amides is 1. The van der Waals surface area contributed by atoms with E-state index in [1.54, 1.807) is 24.4 Å².